The molecule has 1 heterocycles. The molecule has 0 saturated carbocycles. The van der Waals surface area contributed by atoms with Crippen LogP contribution in [-0.4, -0.2) is 37.1 Å². The highest BCUT2D eigenvalue weighted by molar-refractivity contribution is 5.81. The number of carbonyl (C=O) groups excluding carboxylic acids is 1. The molecule has 1 unspecified atom stereocenters. The summed E-state index contributed by atoms with van der Waals surface area (Å²) in [6.45, 7) is 4.87. The summed E-state index contributed by atoms with van der Waals surface area (Å²) in [6.07, 6.45) is 0.839. The summed E-state index contributed by atoms with van der Waals surface area (Å²) in [5.74, 6) is 0.0712. The van der Waals surface area contributed by atoms with Crippen molar-refractivity contribution in [3.05, 3.63) is 29.3 Å². The van der Waals surface area contributed by atoms with Gasteiger partial charge in [0.25, 0.3) is 0 Å². The zero-order chi connectivity index (χ0) is 14.5. The van der Waals surface area contributed by atoms with Crippen molar-refractivity contribution in [3.63, 3.8) is 0 Å². The van der Waals surface area contributed by atoms with Crippen LogP contribution in [0.5, 0.6) is 0 Å². The number of nitrogen functional groups attached to an aromatic ring is 1. The second-order valence-electron chi connectivity index (χ2n) is 5.25. The van der Waals surface area contributed by atoms with E-state index in [9.17, 15) is 4.79 Å². The summed E-state index contributed by atoms with van der Waals surface area (Å²) in [5, 5.41) is 2.95. The molecule has 20 heavy (non-hydrogen) atoms. The Labute approximate surface area is 120 Å². The number of nitrogens with zero attached hydrogens (tertiary/aromatic N) is 1. The van der Waals surface area contributed by atoms with Crippen LogP contribution in [0.4, 0.5) is 5.69 Å². The molecule has 1 amide bonds. The predicted octanol–water partition coefficient (Wildman–Crippen LogP) is 1.13. The topological polar surface area (TPSA) is 67.6 Å². The molecule has 0 saturated heterocycles. The monoisotopic (exact) mass is 277 g/mol. The second-order valence-corrected chi connectivity index (χ2v) is 5.25. The van der Waals surface area contributed by atoms with Gasteiger partial charge in [-0.05, 0) is 36.6 Å². The van der Waals surface area contributed by atoms with E-state index in [2.05, 4.69) is 10.2 Å². The van der Waals surface area contributed by atoms with Crippen molar-refractivity contribution in [1.82, 2.24) is 10.2 Å². The lowest BCUT2D eigenvalue weighted by atomic mass is 10.1. The molecule has 1 aromatic carbocycles. The first-order valence-corrected chi connectivity index (χ1v) is 7.00. The van der Waals surface area contributed by atoms with Gasteiger partial charge in [0.15, 0.2) is 0 Å². The molecule has 5 nitrogen and oxygen atoms in total. The molecular formula is C15H23N3O2. The van der Waals surface area contributed by atoms with E-state index in [-0.39, 0.29) is 11.9 Å². The Morgan fingerprint density at radius 1 is 1.45 bits per heavy atom. The third kappa shape index (κ3) is 3.49. The maximum absolute atomic E-state index is 12.1. The van der Waals surface area contributed by atoms with Gasteiger partial charge >= 0.3 is 0 Å². The molecule has 0 fully saturated rings. The van der Waals surface area contributed by atoms with Crippen LogP contribution in [0.25, 0.3) is 0 Å². The number of carbonyl (C=O) groups is 1. The third-order valence-electron chi connectivity index (χ3n) is 3.73. The van der Waals surface area contributed by atoms with Crippen LogP contribution >= 0.6 is 0 Å². The summed E-state index contributed by atoms with van der Waals surface area (Å²) in [6, 6.07) is 5.83. The van der Waals surface area contributed by atoms with E-state index in [1.807, 2.05) is 25.1 Å². The minimum absolute atomic E-state index is 0.0712. The first-order valence-electron chi connectivity index (χ1n) is 7.00. The van der Waals surface area contributed by atoms with Crippen LogP contribution in [0.1, 0.15) is 24.5 Å². The lowest BCUT2D eigenvalue weighted by Crippen LogP contribution is -2.43. The van der Waals surface area contributed by atoms with Gasteiger partial charge in [0.05, 0.1) is 6.04 Å². The maximum atomic E-state index is 12.1. The van der Waals surface area contributed by atoms with Crippen LogP contribution in [0.2, 0.25) is 0 Å². The number of methoxy groups -OCH3 is 1. The number of fused-ring (bicyclic) bond motifs is 1. The third-order valence-corrected chi connectivity index (χ3v) is 3.73. The SMILES string of the molecule is COCCCNC(=O)C(C)N1Cc2ccc(N)cc2C1. The maximum Gasteiger partial charge on any atom is 0.237 e. The Hall–Kier alpha value is -1.59. The summed E-state index contributed by atoms with van der Waals surface area (Å²) < 4.78 is 4.96. The number of hydrogen-bond donors (Lipinski definition) is 2. The quantitative estimate of drug-likeness (QED) is 0.604. The minimum atomic E-state index is -0.133. The highest BCUT2D eigenvalue weighted by atomic mass is 16.5. The zero-order valence-corrected chi connectivity index (χ0v) is 12.2. The second kappa shape index (κ2) is 6.72. The number of anilines is 1. The molecule has 0 spiro atoms. The molecule has 2 rings (SSSR count). The molecule has 3 N–H and O–H groups in total. The molecule has 0 bridgehead atoms. The summed E-state index contributed by atoms with van der Waals surface area (Å²) in [5.41, 5.74) is 9.06. The van der Waals surface area contributed by atoms with Crippen molar-refractivity contribution >= 4 is 11.6 Å². The van der Waals surface area contributed by atoms with Crippen LogP contribution < -0.4 is 11.1 Å². The Bertz CT molecular complexity index is 476. The Morgan fingerprint density at radius 3 is 2.95 bits per heavy atom. The van der Waals surface area contributed by atoms with Gasteiger partial charge < -0.3 is 15.8 Å². The largest absolute Gasteiger partial charge is 0.399 e. The van der Waals surface area contributed by atoms with Crippen LogP contribution in [0, 0.1) is 0 Å². The van der Waals surface area contributed by atoms with Crippen molar-refractivity contribution in [1.29, 1.82) is 0 Å². The van der Waals surface area contributed by atoms with E-state index in [4.69, 9.17) is 10.5 Å². The molecule has 110 valence electrons. The molecule has 0 aromatic heterocycles. The highest BCUT2D eigenvalue weighted by Gasteiger charge is 2.27. The summed E-state index contributed by atoms with van der Waals surface area (Å²) in [7, 11) is 1.66. The molecular weight excluding hydrogens is 254 g/mol. The summed E-state index contributed by atoms with van der Waals surface area (Å²) >= 11 is 0. The first-order chi connectivity index (χ1) is 9.61. The Balaban J connectivity index is 1.85. The van der Waals surface area contributed by atoms with Gasteiger partial charge in [0, 0.05) is 39.0 Å². The van der Waals surface area contributed by atoms with Gasteiger partial charge in [-0.25, -0.2) is 0 Å². The number of hydrogen-bond acceptors (Lipinski definition) is 4. The van der Waals surface area contributed by atoms with Gasteiger partial charge in [-0.1, -0.05) is 6.07 Å². The number of nitrogens with two attached hydrogens (primary N) is 1. The van der Waals surface area contributed by atoms with E-state index in [1.165, 1.54) is 11.1 Å². The highest BCUT2D eigenvalue weighted by Crippen LogP contribution is 2.26. The number of ether oxygens (including phenoxy) is 1. The predicted molar refractivity (Wildman–Crippen MR) is 79.1 cm³/mol. The van der Waals surface area contributed by atoms with Gasteiger partial charge in [-0.3, -0.25) is 9.69 Å². The Kier molecular flexibility index (Phi) is 4.98. The minimum Gasteiger partial charge on any atom is -0.399 e. The first kappa shape index (κ1) is 14.8. The fourth-order valence-corrected chi connectivity index (χ4v) is 2.46. The zero-order valence-electron chi connectivity index (χ0n) is 12.2. The van der Waals surface area contributed by atoms with Crippen molar-refractivity contribution in [2.45, 2.75) is 32.5 Å². The van der Waals surface area contributed by atoms with Gasteiger partial charge in [0.2, 0.25) is 5.91 Å². The molecule has 5 heteroatoms. The number of benzene rings is 1. The molecule has 1 aliphatic heterocycles. The van der Waals surface area contributed by atoms with E-state index in [0.29, 0.717) is 13.2 Å². The van der Waals surface area contributed by atoms with Crippen molar-refractivity contribution < 1.29 is 9.53 Å². The van der Waals surface area contributed by atoms with Crippen LogP contribution in [0.15, 0.2) is 18.2 Å². The van der Waals surface area contributed by atoms with Gasteiger partial charge in [-0.2, -0.15) is 0 Å². The molecule has 0 radical (unpaired) electrons. The Morgan fingerprint density at radius 2 is 2.20 bits per heavy atom. The molecule has 0 aliphatic carbocycles. The average molecular weight is 277 g/mol. The van der Waals surface area contributed by atoms with E-state index >= 15 is 0 Å². The van der Waals surface area contributed by atoms with Crippen molar-refractivity contribution in [3.8, 4) is 0 Å². The number of rotatable bonds is 6. The fraction of sp³-hybridized carbons (Fsp3) is 0.533. The molecule has 1 atom stereocenters. The van der Waals surface area contributed by atoms with E-state index < -0.39 is 0 Å². The molecule has 1 aliphatic rings. The number of amides is 1. The summed E-state index contributed by atoms with van der Waals surface area (Å²) in [4.78, 5) is 14.3. The van der Waals surface area contributed by atoms with E-state index in [1.54, 1.807) is 7.11 Å². The molecule has 1 aromatic rings. The van der Waals surface area contributed by atoms with E-state index in [0.717, 1.165) is 25.2 Å². The standard InChI is InChI=1S/C15H23N3O2/c1-11(15(19)17-6-3-7-20-2)18-9-12-4-5-14(16)8-13(12)10-18/h4-5,8,11H,3,6-7,9-10,16H2,1-2H3,(H,17,19). The number of nitrogens with one attached hydrogen (secondary N) is 1. The van der Waals surface area contributed by atoms with Crippen molar-refractivity contribution in [2.24, 2.45) is 0 Å². The van der Waals surface area contributed by atoms with Gasteiger partial charge in [-0.15, -0.1) is 0 Å². The average Bonchev–Trinajstić information content (AvgIpc) is 2.85. The lowest BCUT2D eigenvalue weighted by Gasteiger charge is -2.22. The smallest absolute Gasteiger partial charge is 0.237 e. The fourth-order valence-electron chi connectivity index (χ4n) is 2.46. The van der Waals surface area contributed by atoms with Crippen LogP contribution in [-0.2, 0) is 22.6 Å². The van der Waals surface area contributed by atoms with Crippen molar-refractivity contribution in [2.75, 3.05) is 26.0 Å². The lowest BCUT2D eigenvalue weighted by molar-refractivity contribution is -0.126. The van der Waals surface area contributed by atoms with Crippen LogP contribution in [0.3, 0.4) is 0 Å². The van der Waals surface area contributed by atoms with Gasteiger partial charge in [0.1, 0.15) is 0 Å². The normalized spacial score (nSPS) is 15.9.